The summed E-state index contributed by atoms with van der Waals surface area (Å²) in [5, 5.41) is 17.4. The summed E-state index contributed by atoms with van der Waals surface area (Å²) in [6.45, 7) is -1.87. The quantitative estimate of drug-likeness (QED) is 0.435. The number of aliphatic hydroxyl groups is 1. The van der Waals surface area contributed by atoms with Crippen molar-refractivity contribution in [2.45, 2.75) is 50.3 Å². The number of hydrogen-bond acceptors (Lipinski definition) is 5. The number of fused-ring (bicyclic) bond motifs is 3. The minimum Gasteiger partial charge on any atom is -0.386 e. The van der Waals surface area contributed by atoms with Crippen LogP contribution in [0.25, 0.3) is 0 Å². The Hall–Kier alpha value is -2.32. The lowest BCUT2D eigenvalue weighted by atomic mass is 9.95. The van der Waals surface area contributed by atoms with E-state index in [0.29, 0.717) is 5.69 Å². The highest BCUT2D eigenvalue weighted by Crippen LogP contribution is 2.42. The largest absolute Gasteiger partial charge is 0.386 e. The number of aromatic nitrogens is 3. The fourth-order valence-electron chi connectivity index (χ4n) is 4.15. The normalized spacial score (nSPS) is 21.7. The molecular formula is C20H21BrF5N5O3. The van der Waals surface area contributed by atoms with Crippen molar-refractivity contribution in [1.29, 1.82) is 0 Å². The smallest absolute Gasteiger partial charge is 0.322 e. The number of nitrogens with one attached hydrogen (secondary N) is 1. The van der Waals surface area contributed by atoms with E-state index in [4.69, 9.17) is 4.74 Å². The number of halogens is 6. The van der Waals surface area contributed by atoms with Crippen LogP contribution in [0.4, 0.5) is 32.4 Å². The van der Waals surface area contributed by atoms with Gasteiger partial charge in [-0.15, -0.1) is 0 Å². The molecule has 8 nitrogen and oxygen atoms in total. The summed E-state index contributed by atoms with van der Waals surface area (Å²) in [7, 11) is 0. The molecule has 34 heavy (non-hydrogen) atoms. The van der Waals surface area contributed by atoms with Gasteiger partial charge < -0.3 is 20.1 Å². The Labute approximate surface area is 199 Å². The Morgan fingerprint density at radius 1 is 1.35 bits per heavy atom. The van der Waals surface area contributed by atoms with Crippen molar-refractivity contribution in [3.63, 3.8) is 0 Å². The number of hydrogen-bond donors (Lipinski definition) is 2. The van der Waals surface area contributed by atoms with E-state index in [0.717, 1.165) is 4.68 Å². The van der Waals surface area contributed by atoms with Crippen LogP contribution in [-0.2, 0) is 30.2 Å². The van der Waals surface area contributed by atoms with Crippen molar-refractivity contribution < 1.29 is 36.6 Å². The number of alkyl halides is 4. The first-order valence-corrected chi connectivity index (χ1v) is 11.2. The van der Waals surface area contributed by atoms with Crippen molar-refractivity contribution in [1.82, 2.24) is 19.7 Å². The molecule has 0 aromatic carbocycles. The van der Waals surface area contributed by atoms with Gasteiger partial charge >= 0.3 is 6.03 Å². The van der Waals surface area contributed by atoms with Crippen LogP contribution in [0.5, 0.6) is 0 Å². The Kier molecular flexibility index (Phi) is 6.84. The topological polar surface area (TPSA) is 92.5 Å². The van der Waals surface area contributed by atoms with E-state index in [2.05, 4.69) is 31.3 Å². The predicted molar refractivity (Wildman–Crippen MR) is 112 cm³/mol. The van der Waals surface area contributed by atoms with Gasteiger partial charge in [-0.1, -0.05) is 0 Å². The molecule has 2 amide bonds. The molecular weight excluding hydrogens is 533 g/mol. The summed E-state index contributed by atoms with van der Waals surface area (Å²) in [6.07, 6.45) is -2.42. The van der Waals surface area contributed by atoms with Crippen LogP contribution in [-0.4, -0.2) is 62.6 Å². The highest BCUT2D eigenvalue weighted by atomic mass is 79.9. The van der Waals surface area contributed by atoms with E-state index >= 15 is 8.78 Å². The third kappa shape index (κ3) is 5.03. The standard InChI is InChI=1S/C20H21BrF5N5O3/c21-17-15(24)13(1-5-27-17)28-18(32)30-6-2-12-11(7-30)16-20(25,26)4-3-19(33,9-31(16)29-12)10-34-8-14(22)23/h1,5,14,33H,2-4,6-10H2,(H,27,28,32)/t19-/m1/s1. The zero-order chi connectivity index (χ0) is 24.7. The predicted octanol–water partition coefficient (Wildman–Crippen LogP) is 3.67. The van der Waals surface area contributed by atoms with Gasteiger partial charge in [-0.05, 0) is 28.4 Å². The Balaban J connectivity index is 1.55. The number of ether oxygens (including phenoxy) is 1. The van der Waals surface area contributed by atoms with Crippen LogP contribution in [0.15, 0.2) is 16.9 Å². The van der Waals surface area contributed by atoms with E-state index in [9.17, 15) is 23.1 Å². The third-order valence-electron chi connectivity index (χ3n) is 5.79. The Morgan fingerprint density at radius 3 is 2.85 bits per heavy atom. The van der Waals surface area contributed by atoms with Crippen molar-refractivity contribution >= 4 is 27.6 Å². The van der Waals surface area contributed by atoms with Crippen molar-refractivity contribution in [3.05, 3.63) is 39.6 Å². The minimum atomic E-state index is -3.38. The first-order valence-electron chi connectivity index (χ1n) is 10.4. The number of nitrogens with zero attached hydrogens (tertiary/aromatic N) is 4. The molecule has 0 saturated heterocycles. The Bertz CT molecular complexity index is 1090. The SMILES string of the molecule is O=C(Nc1ccnc(Br)c1F)N1CCc2nn3c(c2C1)C(F)(F)CC[C@](O)(COCC(F)F)C3. The van der Waals surface area contributed by atoms with Crippen molar-refractivity contribution in [2.24, 2.45) is 0 Å². The molecule has 2 aromatic heterocycles. The van der Waals surface area contributed by atoms with Crippen LogP contribution < -0.4 is 5.32 Å². The second-order valence-corrected chi connectivity index (χ2v) is 9.08. The number of pyridine rings is 1. The lowest BCUT2D eigenvalue weighted by molar-refractivity contribution is -0.0926. The first-order chi connectivity index (χ1) is 16.0. The highest BCUT2D eigenvalue weighted by molar-refractivity contribution is 9.10. The zero-order valence-corrected chi connectivity index (χ0v) is 19.3. The lowest BCUT2D eigenvalue weighted by Gasteiger charge is -2.28. The summed E-state index contributed by atoms with van der Waals surface area (Å²) < 4.78 is 74.9. The molecule has 0 aliphatic carbocycles. The zero-order valence-electron chi connectivity index (χ0n) is 17.7. The summed E-state index contributed by atoms with van der Waals surface area (Å²) in [4.78, 5) is 17.7. The average molecular weight is 554 g/mol. The molecule has 0 unspecified atom stereocenters. The maximum atomic E-state index is 15.1. The number of carbonyl (C=O) groups excluding carboxylic acids is 1. The number of rotatable bonds is 5. The van der Waals surface area contributed by atoms with E-state index < -0.39 is 55.1 Å². The minimum absolute atomic E-state index is 0.0853. The Morgan fingerprint density at radius 2 is 2.12 bits per heavy atom. The number of anilines is 1. The molecule has 14 heteroatoms. The molecule has 0 bridgehead atoms. The number of carbonyl (C=O) groups is 1. The fraction of sp³-hybridized carbons (Fsp3) is 0.550. The fourth-order valence-corrected chi connectivity index (χ4v) is 4.49. The molecule has 2 aliphatic heterocycles. The van der Waals surface area contributed by atoms with E-state index in [1.807, 2.05) is 0 Å². The summed E-state index contributed by atoms with van der Waals surface area (Å²) in [6, 6.07) is 0.584. The van der Waals surface area contributed by atoms with E-state index in [1.54, 1.807) is 0 Å². The summed E-state index contributed by atoms with van der Waals surface area (Å²) in [5.74, 6) is -4.15. The lowest BCUT2D eigenvalue weighted by Crippen LogP contribution is -2.39. The van der Waals surface area contributed by atoms with Crippen LogP contribution >= 0.6 is 15.9 Å². The van der Waals surface area contributed by atoms with Crippen LogP contribution in [0, 0.1) is 5.82 Å². The van der Waals surface area contributed by atoms with Gasteiger partial charge in [0.2, 0.25) is 0 Å². The first kappa shape index (κ1) is 24.8. The number of urea groups is 1. The molecule has 2 N–H and O–H groups in total. The maximum absolute atomic E-state index is 15.1. The molecule has 1 atom stereocenters. The molecule has 0 fully saturated rings. The van der Waals surface area contributed by atoms with Gasteiger partial charge in [0.05, 0.1) is 31.1 Å². The highest BCUT2D eigenvalue weighted by Gasteiger charge is 2.47. The van der Waals surface area contributed by atoms with Gasteiger partial charge in [0, 0.05) is 31.1 Å². The van der Waals surface area contributed by atoms with Gasteiger partial charge in [-0.25, -0.2) is 22.9 Å². The summed E-state index contributed by atoms with van der Waals surface area (Å²) in [5.41, 5.74) is -1.84. The molecule has 0 spiro atoms. The molecule has 2 aliphatic rings. The van der Waals surface area contributed by atoms with Crippen LogP contribution in [0.2, 0.25) is 0 Å². The van der Waals surface area contributed by atoms with Gasteiger partial charge in [0.1, 0.15) is 22.5 Å². The molecule has 0 radical (unpaired) electrons. The maximum Gasteiger partial charge on any atom is 0.322 e. The van der Waals surface area contributed by atoms with Gasteiger partial charge in [0.25, 0.3) is 12.3 Å². The van der Waals surface area contributed by atoms with Gasteiger partial charge in [0.15, 0.2) is 5.82 Å². The van der Waals surface area contributed by atoms with Gasteiger partial charge in [-0.2, -0.15) is 13.9 Å². The van der Waals surface area contributed by atoms with Crippen LogP contribution in [0.3, 0.4) is 0 Å². The molecule has 0 saturated carbocycles. The molecule has 186 valence electrons. The van der Waals surface area contributed by atoms with Crippen molar-refractivity contribution in [2.75, 3.05) is 25.1 Å². The van der Waals surface area contributed by atoms with Crippen LogP contribution in [0.1, 0.15) is 29.8 Å². The third-order valence-corrected chi connectivity index (χ3v) is 6.34. The molecule has 4 rings (SSSR count). The second-order valence-electron chi connectivity index (χ2n) is 8.33. The van der Waals surface area contributed by atoms with Crippen molar-refractivity contribution in [3.8, 4) is 0 Å². The van der Waals surface area contributed by atoms with E-state index in [-0.39, 0.29) is 48.3 Å². The second kappa shape index (κ2) is 9.38. The molecule has 4 heterocycles. The monoisotopic (exact) mass is 553 g/mol. The molecule has 2 aromatic rings. The van der Waals surface area contributed by atoms with E-state index in [1.165, 1.54) is 17.2 Å². The average Bonchev–Trinajstić information content (AvgIpc) is 3.08. The summed E-state index contributed by atoms with van der Waals surface area (Å²) >= 11 is 2.93. The number of amides is 2. The van der Waals surface area contributed by atoms with Gasteiger partial charge in [-0.3, -0.25) is 4.68 Å².